The molecule has 1 aliphatic carbocycles. The van der Waals surface area contributed by atoms with Crippen LogP contribution in [0.1, 0.15) is 43.9 Å². The summed E-state index contributed by atoms with van der Waals surface area (Å²) < 4.78 is 6.17. The van der Waals surface area contributed by atoms with E-state index in [2.05, 4.69) is 11.9 Å². The van der Waals surface area contributed by atoms with E-state index in [1.807, 2.05) is 42.5 Å². The Balaban J connectivity index is 1.32. The van der Waals surface area contributed by atoms with Crippen molar-refractivity contribution in [3.63, 3.8) is 0 Å². The van der Waals surface area contributed by atoms with Gasteiger partial charge in [0.1, 0.15) is 5.75 Å². The van der Waals surface area contributed by atoms with E-state index >= 15 is 0 Å². The number of allylic oxidation sites excluding steroid dienone is 2. The van der Waals surface area contributed by atoms with E-state index in [0.717, 1.165) is 34.4 Å². The number of rotatable bonds is 7. The van der Waals surface area contributed by atoms with E-state index in [9.17, 15) is 19.7 Å². The first-order valence-electron chi connectivity index (χ1n) is 14.4. The fourth-order valence-corrected chi connectivity index (χ4v) is 7.10. The molecular formula is C33H32BClN2O5. The molecule has 214 valence electrons. The molecule has 0 spiro atoms. The van der Waals surface area contributed by atoms with Crippen molar-refractivity contribution >= 4 is 47.9 Å². The number of carbonyl (C=O) groups is 2. The molecule has 0 unspecified atom stereocenters. The number of hydrogen-bond acceptors (Lipinski definition) is 6. The van der Waals surface area contributed by atoms with Gasteiger partial charge in [-0.25, -0.2) is 0 Å². The average Bonchev–Trinajstić information content (AvgIpc) is 3.25. The van der Waals surface area contributed by atoms with Gasteiger partial charge in [-0.2, -0.15) is 0 Å². The van der Waals surface area contributed by atoms with Gasteiger partial charge in [0.05, 0.1) is 34.3 Å². The zero-order chi connectivity index (χ0) is 29.4. The van der Waals surface area contributed by atoms with Gasteiger partial charge in [-0.3, -0.25) is 19.5 Å². The number of para-hydroxylation sites is 1. The number of amides is 2. The molecule has 2 N–H and O–H groups in total. The smallest absolute Gasteiger partial charge is 0.455 e. The first kappa shape index (κ1) is 28.4. The standard InChI is InChI=1S/C33H32BClN2O5/c1-2-20-17-25-31(33(40)37(32(25)39)23-8-4-3-5-9-23)26-19-34(41)42-29(30(20)26)14-12-22(28-10-6-7-15-36-28)16-21-11-13-24(38)18-27(21)35/h3-11,13,15-16,18,25-26,29,31,38,41H,2,12,14,17,19H2,1H3/b22-16-/t25-,26+,29-,31-/m1/s1. The van der Waals surface area contributed by atoms with Crippen molar-refractivity contribution in [1.29, 1.82) is 0 Å². The van der Waals surface area contributed by atoms with E-state index < -0.39 is 25.1 Å². The molecule has 0 saturated carbocycles. The molecule has 9 heteroatoms. The number of imide groups is 1. The molecule has 0 bridgehead atoms. The zero-order valence-corrected chi connectivity index (χ0v) is 24.1. The summed E-state index contributed by atoms with van der Waals surface area (Å²) in [5.41, 5.74) is 5.25. The highest BCUT2D eigenvalue weighted by Gasteiger charge is 2.57. The Morgan fingerprint density at radius 2 is 1.88 bits per heavy atom. The largest absolute Gasteiger partial charge is 0.508 e. The van der Waals surface area contributed by atoms with Crippen LogP contribution in [-0.4, -0.2) is 40.2 Å². The number of fused-ring (bicyclic) bond motifs is 3. The third-order valence-electron chi connectivity index (χ3n) is 8.73. The van der Waals surface area contributed by atoms with E-state index in [1.165, 1.54) is 11.0 Å². The van der Waals surface area contributed by atoms with Gasteiger partial charge in [-0.15, -0.1) is 0 Å². The van der Waals surface area contributed by atoms with Crippen LogP contribution in [0.15, 0.2) is 84.1 Å². The van der Waals surface area contributed by atoms with Gasteiger partial charge >= 0.3 is 7.12 Å². The molecule has 2 saturated heterocycles. The predicted octanol–water partition coefficient (Wildman–Crippen LogP) is 6.17. The molecule has 6 rings (SSSR count). The normalized spacial score (nSPS) is 24.2. The summed E-state index contributed by atoms with van der Waals surface area (Å²) in [6, 6.07) is 19.7. The molecule has 0 radical (unpaired) electrons. The molecule has 2 aliphatic heterocycles. The number of pyridine rings is 1. The van der Waals surface area contributed by atoms with Crippen LogP contribution in [0.25, 0.3) is 11.6 Å². The maximum atomic E-state index is 13.8. The highest BCUT2D eigenvalue weighted by Crippen LogP contribution is 2.52. The van der Waals surface area contributed by atoms with Crippen LogP contribution < -0.4 is 4.90 Å². The molecule has 7 nitrogen and oxygen atoms in total. The summed E-state index contributed by atoms with van der Waals surface area (Å²) in [6.07, 6.45) is 5.94. The quantitative estimate of drug-likeness (QED) is 0.196. The highest BCUT2D eigenvalue weighted by atomic mass is 35.5. The lowest BCUT2D eigenvalue weighted by atomic mass is 9.58. The minimum absolute atomic E-state index is 0.0903. The van der Waals surface area contributed by atoms with Crippen molar-refractivity contribution in [3.05, 3.63) is 100 Å². The molecule has 3 aromatic rings. The summed E-state index contributed by atoms with van der Waals surface area (Å²) >= 11 is 6.44. The third kappa shape index (κ3) is 5.30. The van der Waals surface area contributed by atoms with Crippen LogP contribution in [-0.2, 0) is 14.2 Å². The Hall–Kier alpha value is -3.72. The number of anilines is 1. The molecule has 4 atom stereocenters. The summed E-state index contributed by atoms with van der Waals surface area (Å²) in [5, 5.41) is 21.1. The molecule has 2 aromatic carbocycles. The second-order valence-electron chi connectivity index (χ2n) is 11.1. The Morgan fingerprint density at radius 1 is 1.10 bits per heavy atom. The molecule has 2 fully saturated rings. The van der Waals surface area contributed by atoms with Crippen LogP contribution in [0, 0.1) is 17.8 Å². The van der Waals surface area contributed by atoms with E-state index in [0.29, 0.717) is 30.0 Å². The fraction of sp³-hybridized carbons (Fsp3) is 0.303. The van der Waals surface area contributed by atoms with Crippen molar-refractivity contribution in [1.82, 2.24) is 4.98 Å². The van der Waals surface area contributed by atoms with Crippen LogP contribution in [0.5, 0.6) is 5.75 Å². The zero-order valence-electron chi connectivity index (χ0n) is 23.3. The first-order chi connectivity index (χ1) is 20.4. The second-order valence-corrected chi connectivity index (χ2v) is 11.6. The molecule has 42 heavy (non-hydrogen) atoms. The van der Waals surface area contributed by atoms with Crippen LogP contribution in [0.2, 0.25) is 11.3 Å². The first-order valence-corrected chi connectivity index (χ1v) is 14.8. The number of aromatic nitrogens is 1. The van der Waals surface area contributed by atoms with Crippen molar-refractivity contribution in [2.45, 2.75) is 45.0 Å². The topological polar surface area (TPSA) is 100.0 Å². The number of phenols is 1. The Kier molecular flexibility index (Phi) is 8.03. The molecular weight excluding hydrogens is 551 g/mol. The van der Waals surface area contributed by atoms with E-state index in [1.54, 1.807) is 30.5 Å². The lowest BCUT2D eigenvalue weighted by molar-refractivity contribution is -0.122. The number of halogens is 1. The number of benzene rings is 2. The lowest BCUT2D eigenvalue weighted by Gasteiger charge is -2.43. The fourth-order valence-electron chi connectivity index (χ4n) is 6.87. The average molecular weight is 583 g/mol. The summed E-state index contributed by atoms with van der Waals surface area (Å²) in [5.74, 6) is -1.50. The molecule has 2 amide bonds. The summed E-state index contributed by atoms with van der Waals surface area (Å²) in [4.78, 5) is 33.3. The number of aromatic hydroxyl groups is 1. The van der Waals surface area contributed by atoms with Gasteiger partial charge < -0.3 is 14.8 Å². The van der Waals surface area contributed by atoms with Crippen molar-refractivity contribution in [2.75, 3.05) is 4.90 Å². The van der Waals surface area contributed by atoms with Crippen LogP contribution >= 0.6 is 11.6 Å². The molecule has 1 aromatic heterocycles. The van der Waals surface area contributed by atoms with Crippen LogP contribution in [0.4, 0.5) is 5.69 Å². The van der Waals surface area contributed by atoms with Crippen molar-refractivity contribution in [2.24, 2.45) is 17.8 Å². The Bertz CT molecular complexity index is 1560. The third-order valence-corrected chi connectivity index (χ3v) is 9.06. The van der Waals surface area contributed by atoms with E-state index in [4.69, 9.17) is 16.3 Å². The lowest BCUT2D eigenvalue weighted by Crippen LogP contribution is -2.46. The maximum Gasteiger partial charge on any atom is 0.455 e. The van der Waals surface area contributed by atoms with Crippen LogP contribution in [0.3, 0.4) is 0 Å². The monoisotopic (exact) mass is 582 g/mol. The molecule has 3 aliphatic rings. The number of hydrogen-bond donors (Lipinski definition) is 2. The molecule has 3 heterocycles. The second kappa shape index (κ2) is 11.9. The van der Waals surface area contributed by atoms with Gasteiger partial charge in [-0.05, 0) is 103 Å². The number of nitrogens with zero attached hydrogens (tertiary/aromatic N) is 2. The van der Waals surface area contributed by atoms with Gasteiger partial charge in [0.2, 0.25) is 11.8 Å². The summed E-state index contributed by atoms with van der Waals surface area (Å²) in [6.45, 7) is 2.07. The van der Waals surface area contributed by atoms with Gasteiger partial charge in [0, 0.05) is 6.20 Å². The highest BCUT2D eigenvalue weighted by molar-refractivity contribution is 6.43. The van der Waals surface area contributed by atoms with Crippen molar-refractivity contribution < 1.29 is 24.4 Å². The predicted molar refractivity (Wildman–Crippen MR) is 163 cm³/mol. The Labute approximate surface area is 250 Å². The minimum Gasteiger partial charge on any atom is -0.508 e. The van der Waals surface area contributed by atoms with Gasteiger partial charge in [-0.1, -0.05) is 48.4 Å². The van der Waals surface area contributed by atoms with Gasteiger partial charge in [0.25, 0.3) is 0 Å². The SMILES string of the molecule is CCC1=C2[C@@H](CC/C(=C/c3ccc(O)cc3Cl)c3ccccn3)OB(O)C[C@@H]2[C@@H]2C(=O)N(c3ccccc3)C(=O)[C@@H]2C1. The van der Waals surface area contributed by atoms with Gasteiger partial charge in [0.15, 0.2) is 0 Å². The maximum absolute atomic E-state index is 13.8. The Morgan fingerprint density at radius 3 is 2.60 bits per heavy atom. The van der Waals surface area contributed by atoms with Crippen molar-refractivity contribution in [3.8, 4) is 5.75 Å². The number of phenolic OH excluding ortho intramolecular Hbond substituents is 1. The van der Waals surface area contributed by atoms with E-state index in [-0.39, 0.29) is 29.8 Å². The summed E-state index contributed by atoms with van der Waals surface area (Å²) in [7, 11) is -1.04. The minimum atomic E-state index is -1.04. The number of carbonyl (C=O) groups excluding carboxylic acids is 2.